The van der Waals surface area contributed by atoms with E-state index in [0.29, 0.717) is 19.0 Å². The summed E-state index contributed by atoms with van der Waals surface area (Å²) >= 11 is 5.72. The maximum Gasteiger partial charge on any atom is 0.225 e. The minimum atomic E-state index is 0.155. The van der Waals surface area contributed by atoms with Crippen LogP contribution < -0.4 is 4.74 Å². The molecule has 18 heavy (non-hydrogen) atoms. The van der Waals surface area contributed by atoms with Crippen LogP contribution in [0.25, 0.3) is 11.1 Å². The third-order valence-electron chi connectivity index (χ3n) is 2.39. The molecule has 0 bridgehead atoms. The van der Waals surface area contributed by atoms with Crippen molar-refractivity contribution in [1.29, 1.82) is 0 Å². The van der Waals surface area contributed by atoms with Gasteiger partial charge in [0.1, 0.15) is 0 Å². The lowest BCUT2D eigenvalue weighted by molar-refractivity contribution is 0.183. The molecular weight excluding hydrogens is 256 g/mol. The Balaban J connectivity index is 2.28. The fourth-order valence-electron chi connectivity index (χ4n) is 1.51. The number of hydrogen-bond acceptors (Lipinski definition) is 5. The Bertz CT molecular complexity index is 530. The standard InChI is InChI=1S/C11H13ClN4O2/c1-17-4-3-16-7-8(5-14-16)9-6-13-11(12)15-10(9)18-2/h5-7H,3-4H2,1-2H3. The summed E-state index contributed by atoms with van der Waals surface area (Å²) in [6.07, 6.45) is 5.23. The Labute approximate surface area is 110 Å². The lowest BCUT2D eigenvalue weighted by atomic mass is 10.2. The first kappa shape index (κ1) is 12.8. The Kier molecular flexibility index (Phi) is 4.11. The van der Waals surface area contributed by atoms with Crippen molar-refractivity contribution < 1.29 is 9.47 Å². The Morgan fingerprint density at radius 1 is 1.33 bits per heavy atom. The van der Waals surface area contributed by atoms with E-state index in [9.17, 15) is 0 Å². The van der Waals surface area contributed by atoms with Crippen molar-refractivity contribution >= 4 is 11.6 Å². The first-order valence-corrected chi connectivity index (χ1v) is 5.70. The monoisotopic (exact) mass is 268 g/mol. The second-order valence-electron chi connectivity index (χ2n) is 3.55. The highest BCUT2D eigenvalue weighted by atomic mass is 35.5. The van der Waals surface area contributed by atoms with Crippen LogP contribution in [0.15, 0.2) is 18.6 Å². The van der Waals surface area contributed by atoms with Crippen molar-refractivity contribution in [2.45, 2.75) is 6.54 Å². The lowest BCUT2D eigenvalue weighted by Gasteiger charge is -2.04. The molecule has 0 N–H and O–H groups in total. The molecule has 2 heterocycles. The van der Waals surface area contributed by atoms with E-state index in [0.717, 1.165) is 11.1 Å². The maximum absolute atomic E-state index is 5.72. The normalized spacial score (nSPS) is 10.6. The quantitative estimate of drug-likeness (QED) is 0.772. The van der Waals surface area contributed by atoms with E-state index in [1.807, 2.05) is 6.20 Å². The van der Waals surface area contributed by atoms with Gasteiger partial charge in [-0.05, 0) is 11.6 Å². The van der Waals surface area contributed by atoms with Crippen LogP contribution in [0, 0.1) is 0 Å². The van der Waals surface area contributed by atoms with Gasteiger partial charge in [0.05, 0.1) is 32.0 Å². The van der Waals surface area contributed by atoms with Crippen LogP contribution in [-0.4, -0.2) is 40.6 Å². The molecule has 0 radical (unpaired) electrons. The van der Waals surface area contributed by atoms with Gasteiger partial charge < -0.3 is 9.47 Å². The predicted molar refractivity (Wildman–Crippen MR) is 66.7 cm³/mol. The van der Waals surface area contributed by atoms with E-state index in [-0.39, 0.29) is 5.28 Å². The highest BCUT2D eigenvalue weighted by Gasteiger charge is 2.11. The van der Waals surface area contributed by atoms with E-state index in [1.54, 1.807) is 24.2 Å². The van der Waals surface area contributed by atoms with Crippen LogP contribution in [0.1, 0.15) is 0 Å². The first-order chi connectivity index (χ1) is 8.74. The zero-order valence-corrected chi connectivity index (χ0v) is 10.9. The molecule has 0 aromatic carbocycles. The van der Waals surface area contributed by atoms with Crippen LogP contribution in [0.2, 0.25) is 5.28 Å². The lowest BCUT2D eigenvalue weighted by Crippen LogP contribution is -2.03. The van der Waals surface area contributed by atoms with Crippen LogP contribution >= 0.6 is 11.6 Å². The van der Waals surface area contributed by atoms with Crippen molar-refractivity contribution in [1.82, 2.24) is 19.7 Å². The molecule has 0 spiro atoms. The molecule has 6 nitrogen and oxygen atoms in total. The predicted octanol–water partition coefficient (Wildman–Crippen LogP) is 1.65. The Hall–Kier alpha value is -1.66. The summed E-state index contributed by atoms with van der Waals surface area (Å²) in [6.45, 7) is 1.29. The summed E-state index contributed by atoms with van der Waals surface area (Å²) in [5.74, 6) is 0.432. The van der Waals surface area contributed by atoms with Crippen molar-refractivity contribution in [2.75, 3.05) is 20.8 Å². The van der Waals surface area contributed by atoms with Crippen LogP contribution in [-0.2, 0) is 11.3 Å². The van der Waals surface area contributed by atoms with Crippen LogP contribution in [0.4, 0.5) is 0 Å². The molecule has 0 atom stereocenters. The molecular formula is C11H13ClN4O2. The number of hydrogen-bond donors (Lipinski definition) is 0. The van der Waals surface area contributed by atoms with Gasteiger partial charge in [-0.2, -0.15) is 10.1 Å². The second kappa shape index (κ2) is 5.79. The molecule has 0 fully saturated rings. The molecule has 0 aliphatic carbocycles. The third kappa shape index (κ3) is 2.77. The summed E-state index contributed by atoms with van der Waals surface area (Å²) in [6, 6.07) is 0. The van der Waals surface area contributed by atoms with E-state index >= 15 is 0 Å². The molecule has 0 saturated carbocycles. The minimum Gasteiger partial charge on any atom is -0.480 e. The maximum atomic E-state index is 5.72. The average Bonchev–Trinajstić information content (AvgIpc) is 2.84. The number of nitrogens with zero attached hydrogens (tertiary/aromatic N) is 4. The largest absolute Gasteiger partial charge is 0.480 e. The fourth-order valence-corrected chi connectivity index (χ4v) is 1.63. The smallest absolute Gasteiger partial charge is 0.225 e. The number of aromatic nitrogens is 4. The molecule has 0 saturated heterocycles. The van der Waals surface area contributed by atoms with Gasteiger partial charge in [-0.25, -0.2) is 4.98 Å². The summed E-state index contributed by atoms with van der Waals surface area (Å²) in [7, 11) is 3.19. The topological polar surface area (TPSA) is 62.1 Å². The average molecular weight is 269 g/mol. The van der Waals surface area contributed by atoms with Crippen molar-refractivity contribution in [2.24, 2.45) is 0 Å². The molecule has 0 unspecified atom stereocenters. The Morgan fingerprint density at radius 3 is 2.89 bits per heavy atom. The highest BCUT2D eigenvalue weighted by molar-refractivity contribution is 6.28. The number of rotatable bonds is 5. The van der Waals surface area contributed by atoms with Crippen molar-refractivity contribution in [3.05, 3.63) is 23.9 Å². The molecule has 0 aliphatic heterocycles. The van der Waals surface area contributed by atoms with Gasteiger partial charge in [0.2, 0.25) is 11.2 Å². The fraction of sp³-hybridized carbons (Fsp3) is 0.364. The number of ether oxygens (including phenoxy) is 2. The summed E-state index contributed by atoms with van der Waals surface area (Å²) < 4.78 is 12.0. The van der Waals surface area contributed by atoms with Gasteiger partial charge in [0, 0.05) is 25.1 Å². The second-order valence-corrected chi connectivity index (χ2v) is 3.88. The van der Waals surface area contributed by atoms with Crippen molar-refractivity contribution in [3.63, 3.8) is 0 Å². The number of halogens is 1. The third-order valence-corrected chi connectivity index (χ3v) is 2.57. The summed E-state index contributed by atoms with van der Waals surface area (Å²) in [5, 5.41) is 4.38. The van der Waals surface area contributed by atoms with Crippen molar-refractivity contribution in [3.8, 4) is 17.0 Å². The van der Waals surface area contributed by atoms with Crippen LogP contribution in [0.5, 0.6) is 5.88 Å². The molecule has 2 rings (SSSR count). The molecule has 0 aliphatic rings. The van der Waals surface area contributed by atoms with Gasteiger partial charge >= 0.3 is 0 Å². The molecule has 0 amide bonds. The first-order valence-electron chi connectivity index (χ1n) is 5.33. The Morgan fingerprint density at radius 2 is 2.17 bits per heavy atom. The highest BCUT2D eigenvalue weighted by Crippen LogP contribution is 2.27. The minimum absolute atomic E-state index is 0.155. The zero-order chi connectivity index (χ0) is 13.0. The molecule has 2 aromatic heterocycles. The van der Waals surface area contributed by atoms with Gasteiger partial charge in [-0.15, -0.1) is 0 Å². The molecule has 96 valence electrons. The van der Waals surface area contributed by atoms with Gasteiger partial charge in [0.25, 0.3) is 0 Å². The van der Waals surface area contributed by atoms with Gasteiger partial charge in [-0.3, -0.25) is 4.68 Å². The summed E-state index contributed by atoms with van der Waals surface area (Å²) in [5.41, 5.74) is 1.63. The number of methoxy groups -OCH3 is 2. The van der Waals surface area contributed by atoms with Crippen LogP contribution in [0.3, 0.4) is 0 Å². The van der Waals surface area contributed by atoms with E-state index < -0.39 is 0 Å². The van der Waals surface area contributed by atoms with Gasteiger partial charge in [0.15, 0.2) is 0 Å². The zero-order valence-electron chi connectivity index (χ0n) is 10.1. The molecule has 7 heteroatoms. The van der Waals surface area contributed by atoms with E-state index in [1.165, 1.54) is 7.11 Å². The van der Waals surface area contributed by atoms with Gasteiger partial charge in [-0.1, -0.05) is 0 Å². The van der Waals surface area contributed by atoms with E-state index in [2.05, 4.69) is 15.1 Å². The SMILES string of the molecule is COCCn1cc(-c2cnc(Cl)nc2OC)cn1. The molecule has 2 aromatic rings. The van der Waals surface area contributed by atoms with E-state index in [4.69, 9.17) is 21.1 Å². The summed E-state index contributed by atoms with van der Waals surface area (Å²) in [4.78, 5) is 7.96.